The zero-order chi connectivity index (χ0) is 14.8. The van der Waals surface area contributed by atoms with Gasteiger partial charge in [0.2, 0.25) is 0 Å². The average molecular weight is 288 g/mol. The molecule has 1 heterocycles. The van der Waals surface area contributed by atoms with E-state index in [2.05, 4.69) is 10.5 Å². The van der Waals surface area contributed by atoms with Crippen LogP contribution in [-0.4, -0.2) is 29.2 Å². The minimum Gasteiger partial charge on any atom is -0.452 e. The molecule has 1 amide bonds. The SMILES string of the molecule is CC(OC(=O)Cc1noc2ccccc12)C(=O)NC1CC1. The summed E-state index contributed by atoms with van der Waals surface area (Å²) < 4.78 is 10.3. The minimum atomic E-state index is -0.795. The minimum absolute atomic E-state index is 0.0158. The molecule has 0 spiro atoms. The highest BCUT2D eigenvalue weighted by Crippen LogP contribution is 2.20. The molecule has 1 aromatic carbocycles. The fourth-order valence-electron chi connectivity index (χ4n) is 2.04. The van der Waals surface area contributed by atoms with E-state index in [4.69, 9.17) is 9.26 Å². The maximum atomic E-state index is 11.9. The van der Waals surface area contributed by atoms with E-state index >= 15 is 0 Å². The zero-order valence-corrected chi connectivity index (χ0v) is 11.7. The van der Waals surface area contributed by atoms with Crippen LogP contribution < -0.4 is 5.32 Å². The number of nitrogens with zero attached hydrogens (tertiary/aromatic N) is 1. The van der Waals surface area contributed by atoms with Gasteiger partial charge in [-0.05, 0) is 31.9 Å². The number of amides is 1. The third-order valence-corrected chi connectivity index (χ3v) is 3.37. The van der Waals surface area contributed by atoms with Crippen molar-refractivity contribution < 1.29 is 18.8 Å². The van der Waals surface area contributed by atoms with E-state index < -0.39 is 12.1 Å². The van der Waals surface area contributed by atoms with E-state index in [1.165, 1.54) is 0 Å². The molecule has 0 saturated heterocycles. The standard InChI is InChI=1S/C15H16N2O4/c1-9(15(19)16-10-6-7-10)20-14(18)8-12-11-4-2-3-5-13(11)21-17-12/h2-5,9-10H,6-8H2,1H3,(H,16,19). The van der Waals surface area contributed by atoms with Crippen LogP contribution in [0.2, 0.25) is 0 Å². The first-order valence-corrected chi connectivity index (χ1v) is 6.96. The van der Waals surface area contributed by atoms with Crippen LogP contribution in [0.15, 0.2) is 28.8 Å². The highest BCUT2D eigenvalue weighted by atomic mass is 16.5. The summed E-state index contributed by atoms with van der Waals surface area (Å²) in [5.74, 6) is -0.747. The molecule has 1 fully saturated rings. The largest absolute Gasteiger partial charge is 0.452 e. The number of benzene rings is 1. The molecule has 1 saturated carbocycles. The number of aromatic nitrogens is 1. The van der Waals surface area contributed by atoms with Crippen LogP contribution in [0.5, 0.6) is 0 Å². The molecular formula is C15H16N2O4. The van der Waals surface area contributed by atoms with E-state index in [0.717, 1.165) is 18.2 Å². The van der Waals surface area contributed by atoms with Crippen molar-refractivity contribution in [3.05, 3.63) is 30.0 Å². The highest BCUT2D eigenvalue weighted by molar-refractivity contribution is 5.86. The van der Waals surface area contributed by atoms with Crippen LogP contribution in [0.25, 0.3) is 11.0 Å². The molecule has 1 atom stereocenters. The number of fused-ring (bicyclic) bond motifs is 1. The lowest BCUT2D eigenvalue weighted by Gasteiger charge is -2.12. The van der Waals surface area contributed by atoms with Crippen molar-refractivity contribution in [2.45, 2.75) is 38.3 Å². The van der Waals surface area contributed by atoms with Crippen LogP contribution in [-0.2, 0) is 20.7 Å². The summed E-state index contributed by atoms with van der Waals surface area (Å²) >= 11 is 0. The van der Waals surface area contributed by atoms with Gasteiger partial charge in [-0.3, -0.25) is 9.59 Å². The van der Waals surface area contributed by atoms with Crippen LogP contribution in [0.4, 0.5) is 0 Å². The fraction of sp³-hybridized carbons (Fsp3) is 0.400. The van der Waals surface area contributed by atoms with Gasteiger partial charge in [-0.2, -0.15) is 0 Å². The number of nitrogens with one attached hydrogen (secondary N) is 1. The van der Waals surface area contributed by atoms with Crippen molar-refractivity contribution in [1.82, 2.24) is 10.5 Å². The molecule has 1 N–H and O–H groups in total. The van der Waals surface area contributed by atoms with Crippen molar-refractivity contribution in [3.8, 4) is 0 Å². The van der Waals surface area contributed by atoms with Gasteiger partial charge in [0.25, 0.3) is 5.91 Å². The Morgan fingerprint density at radius 2 is 2.19 bits per heavy atom. The number of carbonyl (C=O) groups excluding carboxylic acids is 2. The molecule has 6 heteroatoms. The Labute approximate surface area is 121 Å². The second-order valence-corrected chi connectivity index (χ2v) is 5.22. The van der Waals surface area contributed by atoms with Crippen molar-refractivity contribution >= 4 is 22.8 Å². The summed E-state index contributed by atoms with van der Waals surface area (Å²) in [6.07, 6.45) is 1.18. The molecule has 1 aliphatic carbocycles. The first-order valence-electron chi connectivity index (χ1n) is 6.96. The van der Waals surface area contributed by atoms with E-state index in [1.54, 1.807) is 13.0 Å². The molecule has 110 valence electrons. The van der Waals surface area contributed by atoms with Crippen molar-refractivity contribution in [1.29, 1.82) is 0 Å². The lowest BCUT2D eigenvalue weighted by molar-refractivity contribution is -0.154. The highest BCUT2D eigenvalue weighted by Gasteiger charge is 2.27. The van der Waals surface area contributed by atoms with Crippen molar-refractivity contribution in [3.63, 3.8) is 0 Å². The Hall–Kier alpha value is -2.37. The molecule has 3 rings (SSSR count). The van der Waals surface area contributed by atoms with Gasteiger partial charge < -0.3 is 14.6 Å². The van der Waals surface area contributed by atoms with Gasteiger partial charge in [0.05, 0.1) is 6.42 Å². The first-order chi connectivity index (χ1) is 10.1. The van der Waals surface area contributed by atoms with Crippen LogP contribution in [0.1, 0.15) is 25.5 Å². The predicted octanol–water partition coefficient (Wildman–Crippen LogP) is 1.58. The summed E-state index contributed by atoms with van der Waals surface area (Å²) in [5, 5.41) is 7.45. The summed E-state index contributed by atoms with van der Waals surface area (Å²) in [7, 11) is 0. The molecular weight excluding hydrogens is 272 g/mol. The zero-order valence-electron chi connectivity index (χ0n) is 11.7. The Balaban J connectivity index is 1.59. The van der Waals surface area contributed by atoms with Gasteiger partial charge in [-0.15, -0.1) is 0 Å². The van der Waals surface area contributed by atoms with Gasteiger partial charge >= 0.3 is 5.97 Å². The Morgan fingerprint density at radius 3 is 2.95 bits per heavy atom. The van der Waals surface area contributed by atoms with Crippen molar-refractivity contribution in [2.24, 2.45) is 0 Å². The van der Waals surface area contributed by atoms with Crippen molar-refractivity contribution in [2.75, 3.05) is 0 Å². The van der Waals surface area contributed by atoms with E-state index in [0.29, 0.717) is 11.3 Å². The van der Waals surface area contributed by atoms with Gasteiger partial charge in [-0.25, -0.2) is 0 Å². The first kappa shape index (κ1) is 13.6. The lowest BCUT2D eigenvalue weighted by atomic mass is 10.2. The number of hydrogen-bond acceptors (Lipinski definition) is 5. The normalized spacial score (nSPS) is 15.7. The molecule has 21 heavy (non-hydrogen) atoms. The Bertz CT molecular complexity index is 675. The maximum absolute atomic E-state index is 11.9. The van der Waals surface area contributed by atoms with Gasteiger partial charge in [0, 0.05) is 11.4 Å². The number of ether oxygens (including phenoxy) is 1. The predicted molar refractivity (Wildman–Crippen MR) is 74.4 cm³/mol. The van der Waals surface area contributed by atoms with E-state index in [9.17, 15) is 9.59 Å². The lowest BCUT2D eigenvalue weighted by Crippen LogP contribution is -2.37. The fourth-order valence-corrected chi connectivity index (χ4v) is 2.04. The van der Waals surface area contributed by atoms with E-state index in [-0.39, 0.29) is 18.4 Å². The third-order valence-electron chi connectivity index (χ3n) is 3.37. The number of hydrogen-bond donors (Lipinski definition) is 1. The Kier molecular flexibility index (Phi) is 3.60. The second-order valence-electron chi connectivity index (χ2n) is 5.22. The number of carbonyl (C=O) groups is 2. The number of esters is 1. The number of rotatable bonds is 5. The molecule has 0 aliphatic heterocycles. The Morgan fingerprint density at radius 1 is 1.43 bits per heavy atom. The monoisotopic (exact) mass is 288 g/mol. The maximum Gasteiger partial charge on any atom is 0.312 e. The smallest absolute Gasteiger partial charge is 0.312 e. The topological polar surface area (TPSA) is 81.4 Å². The van der Waals surface area contributed by atoms with Crippen LogP contribution >= 0.6 is 0 Å². The average Bonchev–Trinajstić information content (AvgIpc) is 3.19. The summed E-state index contributed by atoms with van der Waals surface area (Å²) in [4.78, 5) is 23.6. The van der Waals surface area contributed by atoms with Crippen LogP contribution in [0, 0.1) is 0 Å². The summed E-state index contributed by atoms with van der Waals surface area (Å²) in [5.41, 5.74) is 1.14. The molecule has 6 nitrogen and oxygen atoms in total. The molecule has 1 aromatic heterocycles. The van der Waals surface area contributed by atoms with Gasteiger partial charge in [0.1, 0.15) is 5.69 Å². The second kappa shape index (κ2) is 5.55. The molecule has 1 aliphatic rings. The quantitative estimate of drug-likeness (QED) is 0.845. The van der Waals surface area contributed by atoms with Gasteiger partial charge in [0.15, 0.2) is 11.7 Å². The summed E-state index contributed by atoms with van der Waals surface area (Å²) in [6, 6.07) is 7.54. The molecule has 2 aromatic rings. The molecule has 1 unspecified atom stereocenters. The van der Waals surface area contributed by atoms with E-state index in [1.807, 2.05) is 18.2 Å². The molecule has 0 bridgehead atoms. The molecule has 0 radical (unpaired) electrons. The number of para-hydroxylation sites is 1. The van der Waals surface area contributed by atoms with Crippen LogP contribution in [0.3, 0.4) is 0 Å². The third kappa shape index (κ3) is 3.21. The summed E-state index contributed by atoms with van der Waals surface area (Å²) in [6.45, 7) is 1.57. The van der Waals surface area contributed by atoms with Gasteiger partial charge in [-0.1, -0.05) is 17.3 Å².